The Bertz CT molecular complexity index is 935. The van der Waals surface area contributed by atoms with Crippen LogP contribution in [0, 0.1) is 13.8 Å². The first-order valence-electron chi connectivity index (χ1n) is 9.74. The average molecular weight is 431 g/mol. The third-order valence-electron chi connectivity index (χ3n) is 5.48. The van der Waals surface area contributed by atoms with Crippen LogP contribution in [0.1, 0.15) is 65.1 Å². The normalized spacial score (nSPS) is 13.4. The van der Waals surface area contributed by atoms with Crippen molar-refractivity contribution in [1.29, 1.82) is 0 Å². The van der Waals surface area contributed by atoms with E-state index in [2.05, 4.69) is 58.7 Å². The number of rotatable bonds is 4. The Balaban J connectivity index is 2.11. The molecule has 1 aromatic carbocycles. The van der Waals surface area contributed by atoms with Gasteiger partial charge in [0.2, 0.25) is 5.43 Å². The molecule has 0 fully saturated rings. The fourth-order valence-corrected chi connectivity index (χ4v) is 4.47. The fourth-order valence-electron chi connectivity index (χ4n) is 4.06. The Kier molecular flexibility index (Phi) is 5.89. The van der Waals surface area contributed by atoms with E-state index in [1.165, 1.54) is 5.56 Å². The summed E-state index contributed by atoms with van der Waals surface area (Å²) in [5.74, 6) is -0.292. The van der Waals surface area contributed by atoms with E-state index in [1.54, 1.807) is 0 Å². The third kappa shape index (κ3) is 3.62. The predicted molar refractivity (Wildman–Crippen MR) is 114 cm³/mol. The van der Waals surface area contributed by atoms with Crippen LogP contribution < -0.4 is 10.7 Å². The number of halogens is 1. The summed E-state index contributed by atoms with van der Waals surface area (Å²) in [6.07, 6.45) is 4.51. The van der Waals surface area contributed by atoms with Crippen LogP contribution in [0.4, 0.5) is 5.69 Å². The summed E-state index contributed by atoms with van der Waals surface area (Å²) < 4.78 is 2.62. The number of pyridine rings is 1. The van der Waals surface area contributed by atoms with Crippen LogP contribution in [0.2, 0.25) is 0 Å². The molecule has 1 aliphatic rings. The number of benzene rings is 1. The molecule has 1 amide bonds. The quantitative estimate of drug-likeness (QED) is 0.746. The lowest BCUT2D eigenvalue weighted by atomic mass is 9.98. The van der Waals surface area contributed by atoms with E-state index in [1.807, 2.05) is 6.92 Å². The zero-order valence-corrected chi connectivity index (χ0v) is 18.1. The first-order valence-corrected chi connectivity index (χ1v) is 10.5. The number of hydrogen-bond acceptors (Lipinski definition) is 2. The lowest BCUT2D eigenvalue weighted by Crippen LogP contribution is -2.31. The van der Waals surface area contributed by atoms with Crippen molar-refractivity contribution in [2.75, 3.05) is 5.32 Å². The Morgan fingerprint density at radius 3 is 2.37 bits per heavy atom. The monoisotopic (exact) mass is 430 g/mol. The molecule has 144 valence electrons. The van der Waals surface area contributed by atoms with Gasteiger partial charge in [-0.05, 0) is 73.0 Å². The molecule has 0 saturated heterocycles. The van der Waals surface area contributed by atoms with Crippen LogP contribution >= 0.6 is 15.9 Å². The van der Waals surface area contributed by atoms with Crippen molar-refractivity contribution in [3.63, 3.8) is 0 Å². The molecule has 4 nitrogen and oxygen atoms in total. The Morgan fingerprint density at radius 1 is 1.15 bits per heavy atom. The van der Waals surface area contributed by atoms with Crippen LogP contribution in [0.5, 0.6) is 0 Å². The summed E-state index contributed by atoms with van der Waals surface area (Å²) in [6.45, 7) is 9.04. The standard InChI is InChI=1S/C22H27BrN2O2/c1-5-15-11-13(3)12-16(6-2)20(15)24-22(27)18-17-9-7-8-10-25(17)14(4)19(23)21(18)26/h11-12H,5-10H2,1-4H3,(H,24,27). The predicted octanol–water partition coefficient (Wildman–Crippen LogP) is 4.94. The Hall–Kier alpha value is -1.88. The summed E-state index contributed by atoms with van der Waals surface area (Å²) in [7, 11) is 0. The van der Waals surface area contributed by atoms with Crippen molar-refractivity contribution in [2.24, 2.45) is 0 Å². The van der Waals surface area contributed by atoms with Gasteiger partial charge >= 0.3 is 0 Å². The highest BCUT2D eigenvalue weighted by Gasteiger charge is 2.25. The maximum atomic E-state index is 13.2. The summed E-state index contributed by atoms with van der Waals surface area (Å²) in [5.41, 5.74) is 6.13. The average Bonchev–Trinajstić information content (AvgIpc) is 2.67. The number of carbonyl (C=O) groups excluding carboxylic acids is 1. The minimum Gasteiger partial charge on any atom is -0.347 e. The molecule has 0 bridgehead atoms. The van der Waals surface area contributed by atoms with Gasteiger partial charge in [0.15, 0.2) is 0 Å². The number of aryl methyl sites for hydroxylation is 3. The van der Waals surface area contributed by atoms with E-state index >= 15 is 0 Å². The molecule has 5 heteroatoms. The highest BCUT2D eigenvalue weighted by atomic mass is 79.9. The van der Waals surface area contributed by atoms with Gasteiger partial charge in [0, 0.05) is 23.6 Å². The van der Waals surface area contributed by atoms with Crippen molar-refractivity contribution >= 4 is 27.5 Å². The summed E-state index contributed by atoms with van der Waals surface area (Å²) in [4.78, 5) is 26.2. The third-order valence-corrected chi connectivity index (χ3v) is 6.42. The molecule has 2 aromatic rings. The van der Waals surface area contributed by atoms with E-state index < -0.39 is 0 Å². The zero-order chi connectivity index (χ0) is 19.7. The van der Waals surface area contributed by atoms with Crippen LogP contribution in [-0.2, 0) is 25.8 Å². The zero-order valence-electron chi connectivity index (χ0n) is 16.5. The van der Waals surface area contributed by atoms with Crippen molar-refractivity contribution in [1.82, 2.24) is 4.57 Å². The molecule has 27 heavy (non-hydrogen) atoms. The molecular weight excluding hydrogens is 404 g/mol. The summed E-state index contributed by atoms with van der Waals surface area (Å²) >= 11 is 3.42. The van der Waals surface area contributed by atoms with Crippen molar-refractivity contribution in [2.45, 2.75) is 66.3 Å². The molecule has 0 spiro atoms. The molecule has 1 N–H and O–H groups in total. The van der Waals surface area contributed by atoms with Crippen LogP contribution in [-0.4, -0.2) is 10.5 Å². The lowest BCUT2D eigenvalue weighted by Gasteiger charge is -2.25. The fraction of sp³-hybridized carbons (Fsp3) is 0.455. The maximum Gasteiger partial charge on any atom is 0.261 e. The number of fused-ring (bicyclic) bond motifs is 1. The highest BCUT2D eigenvalue weighted by molar-refractivity contribution is 9.10. The number of carbonyl (C=O) groups is 1. The summed E-state index contributed by atoms with van der Waals surface area (Å²) in [6, 6.07) is 4.23. The largest absolute Gasteiger partial charge is 0.347 e. The van der Waals surface area contributed by atoms with E-state index in [9.17, 15) is 9.59 Å². The van der Waals surface area contributed by atoms with Gasteiger partial charge in [0.25, 0.3) is 5.91 Å². The van der Waals surface area contributed by atoms with Crippen LogP contribution in [0.25, 0.3) is 0 Å². The Morgan fingerprint density at radius 2 is 1.78 bits per heavy atom. The maximum absolute atomic E-state index is 13.2. The molecule has 2 heterocycles. The van der Waals surface area contributed by atoms with Gasteiger partial charge < -0.3 is 9.88 Å². The van der Waals surface area contributed by atoms with E-state index in [0.717, 1.165) is 66.9 Å². The molecule has 0 aliphatic carbocycles. The van der Waals surface area contributed by atoms with Gasteiger partial charge in [-0.3, -0.25) is 9.59 Å². The molecular formula is C22H27BrN2O2. The topological polar surface area (TPSA) is 51.1 Å². The van der Waals surface area contributed by atoms with Crippen LogP contribution in [0.3, 0.4) is 0 Å². The van der Waals surface area contributed by atoms with Gasteiger partial charge in [-0.15, -0.1) is 0 Å². The number of nitrogens with one attached hydrogen (secondary N) is 1. The van der Waals surface area contributed by atoms with Crippen molar-refractivity contribution in [3.8, 4) is 0 Å². The number of amides is 1. The van der Waals surface area contributed by atoms with Gasteiger partial charge in [0.1, 0.15) is 5.56 Å². The smallest absolute Gasteiger partial charge is 0.261 e. The molecule has 1 aliphatic heterocycles. The van der Waals surface area contributed by atoms with Gasteiger partial charge in [-0.25, -0.2) is 0 Å². The second-order valence-corrected chi connectivity index (χ2v) is 8.07. The summed E-state index contributed by atoms with van der Waals surface area (Å²) in [5, 5.41) is 3.09. The number of anilines is 1. The van der Waals surface area contributed by atoms with Gasteiger partial charge in [-0.1, -0.05) is 31.5 Å². The minimum absolute atomic E-state index is 0.207. The molecule has 3 rings (SSSR count). The van der Waals surface area contributed by atoms with Crippen LogP contribution in [0.15, 0.2) is 21.4 Å². The number of aromatic nitrogens is 1. The van der Waals surface area contributed by atoms with E-state index in [-0.39, 0.29) is 16.9 Å². The molecule has 0 unspecified atom stereocenters. The minimum atomic E-state index is -0.292. The van der Waals surface area contributed by atoms with E-state index in [4.69, 9.17) is 0 Å². The lowest BCUT2D eigenvalue weighted by molar-refractivity contribution is 0.102. The second-order valence-electron chi connectivity index (χ2n) is 7.28. The molecule has 1 aromatic heterocycles. The van der Waals surface area contributed by atoms with E-state index in [0.29, 0.717) is 4.47 Å². The first-order chi connectivity index (χ1) is 12.9. The van der Waals surface area contributed by atoms with Crippen molar-refractivity contribution < 1.29 is 4.79 Å². The van der Waals surface area contributed by atoms with Crippen molar-refractivity contribution in [3.05, 3.63) is 60.5 Å². The highest BCUT2D eigenvalue weighted by Crippen LogP contribution is 2.27. The molecule has 0 saturated carbocycles. The Labute approximate surface area is 169 Å². The number of hydrogen-bond donors (Lipinski definition) is 1. The first kappa shape index (κ1) is 19.9. The van der Waals surface area contributed by atoms with Gasteiger partial charge in [-0.2, -0.15) is 0 Å². The van der Waals surface area contributed by atoms with Gasteiger partial charge in [0.05, 0.1) is 4.47 Å². The second kappa shape index (κ2) is 8.01. The number of nitrogens with zero attached hydrogens (tertiary/aromatic N) is 1. The SMILES string of the molecule is CCc1cc(C)cc(CC)c1NC(=O)c1c2n(c(C)c(Br)c1=O)CCCC2. The molecule has 0 atom stereocenters. The molecule has 0 radical (unpaired) electrons.